The normalized spacial score (nSPS) is 9.42. The van der Waals surface area contributed by atoms with Crippen LogP contribution in [0.25, 0.3) is 0 Å². The van der Waals surface area contributed by atoms with Crippen molar-refractivity contribution in [2.75, 3.05) is 12.4 Å². The lowest BCUT2D eigenvalue weighted by molar-refractivity contribution is 0.949. The molecule has 6 heteroatoms. The third-order valence-corrected chi connectivity index (χ3v) is 1.42. The first kappa shape index (κ1) is 8.25. The van der Waals surface area contributed by atoms with Gasteiger partial charge in [-0.2, -0.15) is 0 Å². The van der Waals surface area contributed by atoms with Crippen molar-refractivity contribution in [3.63, 3.8) is 0 Å². The Kier molecular flexibility index (Phi) is 2.09. The van der Waals surface area contributed by atoms with Crippen molar-refractivity contribution in [3.8, 4) is 0 Å². The van der Waals surface area contributed by atoms with Crippen molar-refractivity contribution in [1.82, 2.24) is 10.2 Å². The zero-order valence-electron chi connectivity index (χ0n) is 6.39. The highest BCUT2D eigenvalue weighted by Crippen LogP contribution is 1.96. The second-order valence-electron chi connectivity index (χ2n) is 2.09. The molecule has 4 N–H and O–H groups in total. The van der Waals surface area contributed by atoms with Crippen LogP contribution in [0.15, 0.2) is 9.59 Å². The molecule has 0 saturated heterocycles. The number of anilines is 1. The van der Waals surface area contributed by atoms with Gasteiger partial charge in [0.15, 0.2) is 0 Å². The number of aromatic nitrogens is 2. The van der Waals surface area contributed by atoms with Crippen LogP contribution < -0.4 is 16.4 Å². The zero-order valence-corrected chi connectivity index (χ0v) is 6.39. The summed E-state index contributed by atoms with van der Waals surface area (Å²) >= 11 is 0. The van der Waals surface area contributed by atoms with Crippen LogP contribution in [0, 0.1) is 5.41 Å². The summed E-state index contributed by atoms with van der Waals surface area (Å²) in [6, 6.07) is 0. The molecule has 1 heterocycles. The van der Waals surface area contributed by atoms with Crippen molar-refractivity contribution in [2.24, 2.45) is 0 Å². The second kappa shape index (κ2) is 3.04. The molecule has 0 aliphatic rings. The van der Waals surface area contributed by atoms with E-state index in [1.54, 1.807) is 0 Å². The molecule has 1 aromatic rings. The van der Waals surface area contributed by atoms with E-state index in [0.717, 1.165) is 6.21 Å². The Labute approximate surface area is 67.1 Å². The van der Waals surface area contributed by atoms with Gasteiger partial charge >= 0.3 is 0 Å². The minimum atomic E-state index is -0.492. The van der Waals surface area contributed by atoms with Gasteiger partial charge in [-0.3, -0.25) is 19.8 Å². The SMILES string of the molecule is CNc1c(C=N)c(=O)[nH][nH]c1=O. The minimum Gasteiger partial charge on any atom is -0.383 e. The van der Waals surface area contributed by atoms with Crippen molar-refractivity contribution < 1.29 is 0 Å². The van der Waals surface area contributed by atoms with E-state index >= 15 is 0 Å². The van der Waals surface area contributed by atoms with E-state index < -0.39 is 11.1 Å². The van der Waals surface area contributed by atoms with E-state index in [2.05, 4.69) is 15.5 Å². The minimum absolute atomic E-state index is 0.0289. The number of rotatable bonds is 2. The first-order valence-electron chi connectivity index (χ1n) is 3.24. The summed E-state index contributed by atoms with van der Waals surface area (Å²) in [5, 5.41) is 13.7. The molecule has 6 nitrogen and oxygen atoms in total. The van der Waals surface area contributed by atoms with E-state index in [9.17, 15) is 9.59 Å². The largest absolute Gasteiger partial charge is 0.383 e. The van der Waals surface area contributed by atoms with Crippen molar-refractivity contribution in [1.29, 1.82) is 5.41 Å². The molecule has 1 aromatic heterocycles. The second-order valence-corrected chi connectivity index (χ2v) is 2.09. The Bertz CT molecular complexity index is 403. The molecule has 0 aliphatic carbocycles. The molecule has 12 heavy (non-hydrogen) atoms. The molecule has 0 atom stereocenters. The summed E-state index contributed by atoms with van der Waals surface area (Å²) in [5.74, 6) is 0. The Morgan fingerprint density at radius 2 is 1.92 bits per heavy atom. The highest BCUT2D eigenvalue weighted by molar-refractivity contribution is 5.84. The van der Waals surface area contributed by atoms with Crippen LogP contribution >= 0.6 is 0 Å². The van der Waals surface area contributed by atoms with Gasteiger partial charge in [0.05, 0.1) is 5.56 Å². The predicted molar refractivity (Wildman–Crippen MR) is 45.1 cm³/mol. The fourth-order valence-corrected chi connectivity index (χ4v) is 0.865. The van der Waals surface area contributed by atoms with Crippen LogP contribution in [0.4, 0.5) is 5.69 Å². The first-order valence-corrected chi connectivity index (χ1v) is 3.24. The third-order valence-electron chi connectivity index (χ3n) is 1.42. The van der Waals surface area contributed by atoms with Crippen LogP contribution in [-0.4, -0.2) is 23.5 Å². The average molecular weight is 168 g/mol. The highest BCUT2D eigenvalue weighted by Gasteiger charge is 2.06. The topological polar surface area (TPSA) is 102 Å². The number of H-pyrrole nitrogens is 2. The lowest BCUT2D eigenvalue weighted by Gasteiger charge is -1.99. The smallest absolute Gasteiger partial charge is 0.286 e. The van der Waals surface area contributed by atoms with Gasteiger partial charge in [-0.25, -0.2) is 0 Å². The zero-order chi connectivity index (χ0) is 9.14. The van der Waals surface area contributed by atoms with E-state index in [-0.39, 0.29) is 11.3 Å². The van der Waals surface area contributed by atoms with Gasteiger partial charge in [-0.1, -0.05) is 0 Å². The lowest BCUT2D eigenvalue weighted by atomic mass is 10.3. The van der Waals surface area contributed by atoms with E-state index in [1.807, 2.05) is 0 Å². The molecule has 0 saturated carbocycles. The quantitative estimate of drug-likeness (QED) is 0.430. The number of aromatic amines is 2. The molecule has 0 spiro atoms. The lowest BCUT2D eigenvalue weighted by Crippen LogP contribution is -2.25. The molecular weight excluding hydrogens is 160 g/mol. The summed E-state index contributed by atoms with van der Waals surface area (Å²) in [4.78, 5) is 22.0. The summed E-state index contributed by atoms with van der Waals surface area (Å²) in [7, 11) is 1.51. The van der Waals surface area contributed by atoms with Gasteiger partial charge < -0.3 is 10.7 Å². The number of hydrogen-bond donors (Lipinski definition) is 4. The monoisotopic (exact) mass is 168 g/mol. The molecule has 0 bridgehead atoms. The fourth-order valence-electron chi connectivity index (χ4n) is 0.865. The number of hydrogen-bond acceptors (Lipinski definition) is 4. The standard InChI is InChI=1S/C6H8N4O2/c1-8-4-3(2-7)5(11)9-10-6(4)12/h2,7H,1H3,(H,10,12)(H2,8,9,11). The summed E-state index contributed by atoms with van der Waals surface area (Å²) < 4.78 is 0. The van der Waals surface area contributed by atoms with E-state index in [1.165, 1.54) is 7.05 Å². The summed E-state index contributed by atoms with van der Waals surface area (Å²) in [5.41, 5.74) is -0.806. The Morgan fingerprint density at radius 1 is 1.33 bits per heavy atom. The Balaban J connectivity index is 3.60. The van der Waals surface area contributed by atoms with Gasteiger partial charge in [-0.15, -0.1) is 0 Å². The predicted octanol–water partition coefficient (Wildman–Crippen LogP) is -0.897. The molecular formula is C6H8N4O2. The molecule has 0 fully saturated rings. The van der Waals surface area contributed by atoms with Gasteiger partial charge in [0.25, 0.3) is 11.1 Å². The Morgan fingerprint density at radius 3 is 2.33 bits per heavy atom. The van der Waals surface area contributed by atoms with Crippen LogP contribution in [0.2, 0.25) is 0 Å². The number of nitrogens with one attached hydrogen (secondary N) is 4. The fraction of sp³-hybridized carbons (Fsp3) is 0.167. The van der Waals surface area contributed by atoms with Crippen LogP contribution in [0.1, 0.15) is 5.56 Å². The molecule has 0 radical (unpaired) electrons. The maximum Gasteiger partial charge on any atom is 0.286 e. The van der Waals surface area contributed by atoms with E-state index in [0.29, 0.717) is 0 Å². The average Bonchev–Trinajstić information content (AvgIpc) is 2.08. The summed E-state index contributed by atoms with van der Waals surface area (Å²) in [6.07, 6.45) is 0.833. The van der Waals surface area contributed by atoms with Crippen molar-refractivity contribution in [3.05, 3.63) is 26.3 Å². The highest BCUT2D eigenvalue weighted by atomic mass is 16.1. The molecule has 1 rings (SSSR count). The van der Waals surface area contributed by atoms with Gasteiger partial charge in [-0.05, 0) is 0 Å². The van der Waals surface area contributed by atoms with Crippen molar-refractivity contribution >= 4 is 11.9 Å². The maximum atomic E-state index is 11.0. The van der Waals surface area contributed by atoms with Gasteiger partial charge in [0, 0.05) is 13.3 Å². The Hall–Kier alpha value is -1.85. The van der Waals surface area contributed by atoms with Crippen LogP contribution in [-0.2, 0) is 0 Å². The van der Waals surface area contributed by atoms with E-state index in [4.69, 9.17) is 5.41 Å². The third kappa shape index (κ3) is 1.14. The molecule has 64 valence electrons. The molecule has 0 amide bonds. The first-order chi connectivity index (χ1) is 5.70. The summed E-state index contributed by atoms with van der Waals surface area (Å²) in [6.45, 7) is 0. The van der Waals surface area contributed by atoms with Crippen molar-refractivity contribution in [2.45, 2.75) is 0 Å². The maximum absolute atomic E-state index is 11.0. The molecule has 0 aliphatic heterocycles. The van der Waals surface area contributed by atoms with Crippen LogP contribution in [0.5, 0.6) is 0 Å². The van der Waals surface area contributed by atoms with Gasteiger partial charge in [0.1, 0.15) is 5.69 Å². The van der Waals surface area contributed by atoms with Gasteiger partial charge in [0.2, 0.25) is 0 Å². The molecule has 0 unspecified atom stereocenters. The van der Waals surface area contributed by atoms with Crippen LogP contribution in [0.3, 0.4) is 0 Å². The molecule has 0 aromatic carbocycles.